The van der Waals surface area contributed by atoms with Crippen LogP contribution in [-0.4, -0.2) is 23.1 Å². The second-order valence-corrected chi connectivity index (χ2v) is 4.54. The Bertz CT molecular complexity index is 378. The van der Waals surface area contributed by atoms with E-state index in [0.717, 1.165) is 12.2 Å². The highest BCUT2D eigenvalue weighted by molar-refractivity contribution is 5.45. The summed E-state index contributed by atoms with van der Waals surface area (Å²) in [5.41, 5.74) is 5.91. The van der Waals surface area contributed by atoms with Crippen LogP contribution in [0, 0.1) is 5.41 Å². The van der Waals surface area contributed by atoms with Crippen molar-refractivity contribution in [1.82, 2.24) is 9.97 Å². The zero-order valence-corrected chi connectivity index (χ0v) is 9.24. The first-order chi connectivity index (χ1) is 7.01. The van der Waals surface area contributed by atoms with Gasteiger partial charge in [0.2, 0.25) is 11.8 Å². The normalized spacial score (nSPS) is 22.2. The standard InChI is InChI=1S/C10H16N4O/c1-10(2)5-6(10)12-7-4-8(15-3)14-9(11)13-7/h4,6H,5H2,1-3H3,(H3,11,12,13,14). The highest BCUT2D eigenvalue weighted by Crippen LogP contribution is 2.46. The summed E-state index contributed by atoms with van der Waals surface area (Å²) < 4.78 is 5.02. The lowest BCUT2D eigenvalue weighted by Gasteiger charge is -2.08. The van der Waals surface area contributed by atoms with Gasteiger partial charge in [0.25, 0.3) is 0 Å². The molecular weight excluding hydrogens is 192 g/mol. The number of rotatable bonds is 3. The molecule has 0 saturated heterocycles. The topological polar surface area (TPSA) is 73.1 Å². The van der Waals surface area contributed by atoms with Crippen LogP contribution in [0.4, 0.5) is 11.8 Å². The van der Waals surface area contributed by atoms with Crippen LogP contribution >= 0.6 is 0 Å². The van der Waals surface area contributed by atoms with Crippen LogP contribution in [0.3, 0.4) is 0 Å². The number of nitrogens with zero attached hydrogens (tertiary/aromatic N) is 2. The Morgan fingerprint density at radius 3 is 2.73 bits per heavy atom. The number of ether oxygens (including phenoxy) is 1. The first-order valence-electron chi connectivity index (χ1n) is 4.96. The number of nitrogens with one attached hydrogen (secondary N) is 1. The van der Waals surface area contributed by atoms with E-state index in [-0.39, 0.29) is 5.95 Å². The molecule has 1 fully saturated rings. The molecule has 1 saturated carbocycles. The summed E-state index contributed by atoms with van der Waals surface area (Å²) in [4.78, 5) is 8.02. The van der Waals surface area contributed by atoms with Gasteiger partial charge < -0.3 is 15.8 Å². The molecule has 3 N–H and O–H groups in total. The van der Waals surface area contributed by atoms with Gasteiger partial charge in [0.05, 0.1) is 7.11 Å². The van der Waals surface area contributed by atoms with Crippen LogP contribution in [-0.2, 0) is 0 Å². The van der Waals surface area contributed by atoms with Crippen molar-refractivity contribution in [2.75, 3.05) is 18.2 Å². The minimum atomic E-state index is 0.232. The van der Waals surface area contributed by atoms with Crippen molar-refractivity contribution in [1.29, 1.82) is 0 Å². The minimum Gasteiger partial charge on any atom is -0.481 e. The average molecular weight is 208 g/mol. The molecule has 5 heteroatoms. The zero-order valence-electron chi connectivity index (χ0n) is 9.24. The van der Waals surface area contributed by atoms with Gasteiger partial charge >= 0.3 is 0 Å². The van der Waals surface area contributed by atoms with Crippen molar-refractivity contribution < 1.29 is 4.74 Å². The third-order valence-corrected chi connectivity index (χ3v) is 2.76. The fourth-order valence-corrected chi connectivity index (χ4v) is 1.51. The first kappa shape index (κ1) is 10.0. The Labute approximate surface area is 89.1 Å². The van der Waals surface area contributed by atoms with Crippen LogP contribution in [0.25, 0.3) is 0 Å². The van der Waals surface area contributed by atoms with Gasteiger partial charge in [0.15, 0.2) is 0 Å². The predicted octanol–water partition coefficient (Wildman–Crippen LogP) is 1.28. The molecule has 0 radical (unpaired) electrons. The summed E-state index contributed by atoms with van der Waals surface area (Å²) in [6.07, 6.45) is 1.15. The maximum Gasteiger partial charge on any atom is 0.225 e. The molecule has 15 heavy (non-hydrogen) atoms. The molecule has 0 aromatic carbocycles. The Morgan fingerprint density at radius 1 is 1.53 bits per heavy atom. The Balaban J connectivity index is 2.11. The van der Waals surface area contributed by atoms with Gasteiger partial charge in [-0.1, -0.05) is 13.8 Å². The van der Waals surface area contributed by atoms with Crippen molar-refractivity contribution in [3.05, 3.63) is 6.07 Å². The summed E-state index contributed by atoms with van der Waals surface area (Å²) in [6, 6.07) is 2.22. The monoisotopic (exact) mass is 208 g/mol. The smallest absolute Gasteiger partial charge is 0.225 e. The molecule has 0 aliphatic heterocycles. The van der Waals surface area contributed by atoms with Crippen molar-refractivity contribution in [3.8, 4) is 5.88 Å². The van der Waals surface area contributed by atoms with Gasteiger partial charge in [-0.05, 0) is 11.8 Å². The van der Waals surface area contributed by atoms with Crippen LogP contribution in [0.5, 0.6) is 5.88 Å². The molecule has 0 bridgehead atoms. The minimum absolute atomic E-state index is 0.232. The fraction of sp³-hybridized carbons (Fsp3) is 0.600. The molecule has 2 rings (SSSR count). The molecule has 1 aliphatic rings. The highest BCUT2D eigenvalue weighted by Gasteiger charge is 2.45. The summed E-state index contributed by atoms with van der Waals surface area (Å²) in [5, 5.41) is 3.31. The van der Waals surface area contributed by atoms with E-state index in [0.29, 0.717) is 17.3 Å². The predicted molar refractivity (Wildman–Crippen MR) is 58.8 cm³/mol. The van der Waals surface area contributed by atoms with E-state index in [1.165, 1.54) is 0 Å². The number of hydrogen-bond donors (Lipinski definition) is 2. The third-order valence-electron chi connectivity index (χ3n) is 2.76. The van der Waals surface area contributed by atoms with E-state index < -0.39 is 0 Å². The lowest BCUT2D eigenvalue weighted by atomic mass is 10.2. The van der Waals surface area contributed by atoms with E-state index in [4.69, 9.17) is 10.5 Å². The lowest BCUT2D eigenvalue weighted by Crippen LogP contribution is -2.11. The number of nitrogen functional groups attached to an aromatic ring is 1. The largest absolute Gasteiger partial charge is 0.481 e. The van der Waals surface area contributed by atoms with Crippen molar-refractivity contribution in [2.24, 2.45) is 5.41 Å². The van der Waals surface area contributed by atoms with E-state index in [2.05, 4.69) is 29.1 Å². The molecule has 82 valence electrons. The quantitative estimate of drug-likeness (QED) is 0.782. The molecule has 1 aromatic rings. The number of anilines is 2. The maximum atomic E-state index is 5.56. The second-order valence-electron chi connectivity index (χ2n) is 4.54. The molecule has 1 aliphatic carbocycles. The highest BCUT2D eigenvalue weighted by atomic mass is 16.5. The molecule has 1 heterocycles. The van der Waals surface area contributed by atoms with Gasteiger partial charge in [-0.3, -0.25) is 0 Å². The molecular formula is C10H16N4O. The Hall–Kier alpha value is -1.52. The second kappa shape index (κ2) is 3.25. The van der Waals surface area contributed by atoms with E-state index >= 15 is 0 Å². The summed E-state index contributed by atoms with van der Waals surface area (Å²) in [7, 11) is 1.56. The summed E-state index contributed by atoms with van der Waals surface area (Å²) >= 11 is 0. The number of hydrogen-bond acceptors (Lipinski definition) is 5. The van der Waals surface area contributed by atoms with Crippen molar-refractivity contribution in [3.63, 3.8) is 0 Å². The van der Waals surface area contributed by atoms with Crippen LogP contribution in [0.1, 0.15) is 20.3 Å². The fourth-order valence-electron chi connectivity index (χ4n) is 1.51. The van der Waals surface area contributed by atoms with Crippen LogP contribution in [0.15, 0.2) is 6.07 Å². The number of aromatic nitrogens is 2. The van der Waals surface area contributed by atoms with Gasteiger partial charge in [-0.15, -0.1) is 0 Å². The van der Waals surface area contributed by atoms with Gasteiger partial charge in [0, 0.05) is 12.1 Å². The summed E-state index contributed by atoms with van der Waals surface area (Å²) in [6.45, 7) is 4.43. The third kappa shape index (κ3) is 2.11. The van der Waals surface area contributed by atoms with Gasteiger partial charge in [-0.25, -0.2) is 0 Å². The Kier molecular flexibility index (Phi) is 2.17. The molecule has 5 nitrogen and oxygen atoms in total. The molecule has 1 unspecified atom stereocenters. The van der Waals surface area contributed by atoms with Crippen LogP contribution < -0.4 is 15.8 Å². The Morgan fingerprint density at radius 2 is 2.20 bits per heavy atom. The SMILES string of the molecule is COc1cc(NC2CC2(C)C)nc(N)n1. The molecule has 0 spiro atoms. The number of methoxy groups -OCH3 is 1. The lowest BCUT2D eigenvalue weighted by molar-refractivity contribution is 0.398. The first-order valence-corrected chi connectivity index (χ1v) is 4.96. The van der Waals surface area contributed by atoms with Gasteiger partial charge in [-0.2, -0.15) is 9.97 Å². The average Bonchev–Trinajstić information content (AvgIpc) is 2.72. The van der Waals surface area contributed by atoms with E-state index in [1.807, 2.05) is 0 Å². The maximum absolute atomic E-state index is 5.56. The van der Waals surface area contributed by atoms with Crippen LogP contribution in [0.2, 0.25) is 0 Å². The van der Waals surface area contributed by atoms with E-state index in [1.54, 1.807) is 13.2 Å². The van der Waals surface area contributed by atoms with Crippen molar-refractivity contribution in [2.45, 2.75) is 26.3 Å². The number of nitrogens with two attached hydrogens (primary N) is 1. The summed E-state index contributed by atoms with van der Waals surface area (Å²) in [5.74, 6) is 1.45. The molecule has 1 aromatic heterocycles. The van der Waals surface area contributed by atoms with Crippen molar-refractivity contribution >= 4 is 11.8 Å². The van der Waals surface area contributed by atoms with Gasteiger partial charge in [0.1, 0.15) is 5.82 Å². The van der Waals surface area contributed by atoms with E-state index in [9.17, 15) is 0 Å². The molecule has 1 atom stereocenters. The zero-order chi connectivity index (χ0) is 11.1. The molecule has 0 amide bonds.